The Kier molecular flexibility index (Phi) is 5.50. The third kappa shape index (κ3) is 3.01. The third-order valence-electron chi connectivity index (χ3n) is 6.42. The van der Waals surface area contributed by atoms with Gasteiger partial charge >= 0.3 is 5.97 Å². The number of aryl methyl sites for hydroxylation is 1. The number of hydrogen-bond acceptors (Lipinski definition) is 6. The van der Waals surface area contributed by atoms with Crippen molar-refractivity contribution in [2.45, 2.75) is 44.4 Å². The number of hydrogen-bond donors (Lipinski definition) is 2. The molecule has 2 bridgehead atoms. The molecule has 9 heteroatoms. The number of β-amino-alcohol motifs (C(OH)–C–C–N with tert-alkyl or cyclic N) is 1. The number of benzene rings is 1. The van der Waals surface area contributed by atoms with Crippen LogP contribution in [0, 0.1) is 18.8 Å². The molecule has 30 heavy (non-hydrogen) atoms. The second kappa shape index (κ2) is 7.83. The van der Waals surface area contributed by atoms with E-state index in [1.54, 1.807) is 19.1 Å². The maximum absolute atomic E-state index is 13.4. The van der Waals surface area contributed by atoms with Crippen molar-refractivity contribution in [3.63, 3.8) is 0 Å². The topological polar surface area (TPSA) is 105 Å². The minimum absolute atomic E-state index is 0.0275. The molecule has 1 aromatic rings. The van der Waals surface area contributed by atoms with Crippen LogP contribution in [0.5, 0.6) is 0 Å². The van der Waals surface area contributed by atoms with Gasteiger partial charge in [-0.1, -0.05) is 23.7 Å². The Labute approximate surface area is 179 Å². The minimum atomic E-state index is -1.12. The molecule has 0 unspecified atom stereocenters. The first-order valence-electron chi connectivity index (χ1n) is 10.2. The number of nitrogens with one attached hydrogen (secondary N) is 1. The molecule has 0 saturated carbocycles. The van der Waals surface area contributed by atoms with Gasteiger partial charge in [0.1, 0.15) is 11.6 Å². The van der Waals surface area contributed by atoms with Gasteiger partial charge < -0.3 is 24.8 Å². The summed E-state index contributed by atoms with van der Waals surface area (Å²) in [7, 11) is 0. The number of halogens is 1. The summed E-state index contributed by atoms with van der Waals surface area (Å²) >= 11 is 6.27. The molecule has 3 saturated heterocycles. The maximum Gasteiger partial charge on any atom is 0.312 e. The van der Waals surface area contributed by atoms with E-state index in [2.05, 4.69) is 5.32 Å². The number of ether oxygens (including phenoxy) is 2. The molecule has 2 N–H and O–H groups in total. The molecule has 2 amide bonds. The predicted molar refractivity (Wildman–Crippen MR) is 108 cm³/mol. The summed E-state index contributed by atoms with van der Waals surface area (Å²) < 4.78 is 11.4. The molecule has 4 rings (SSSR count). The fourth-order valence-corrected chi connectivity index (χ4v) is 5.56. The SMILES string of the molecule is CCOC(=O)[C@@H]1[C@H]2C(=O)N(CCO)[C@H](C(=O)Nc3c(C)cccc3Cl)[C@]23CC[C@H]1O3. The third-order valence-corrected chi connectivity index (χ3v) is 6.73. The van der Waals surface area contributed by atoms with E-state index in [0.29, 0.717) is 23.6 Å². The van der Waals surface area contributed by atoms with Gasteiger partial charge in [0.15, 0.2) is 0 Å². The van der Waals surface area contributed by atoms with Gasteiger partial charge in [-0.15, -0.1) is 0 Å². The van der Waals surface area contributed by atoms with Crippen molar-refractivity contribution in [1.82, 2.24) is 4.90 Å². The maximum atomic E-state index is 13.4. The standard InChI is InChI=1S/C21H25ClN2O6/c1-3-29-20(28)14-13-7-8-21(30-13)15(14)19(27)24(9-10-25)17(21)18(26)23-16-11(2)5-4-6-12(16)22/h4-6,13-15,17,25H,3,7-10H2,1-2H3,(H,23,26)/t13-,14+,15+,17-,21+/m1/s1. The Bertz CT molecular complexity index is 872. The molecular weight excluding hydrogens is 412 g/mol. The van der Waals surface area contributed by atoms with Crippen molar-refractivity contribution in [3.05, 3.63) is 28.8 Å². The number of amides is 2. The summed E-state index contributed by atoms with van der Waals surface area (Å²) in [5, 5.41) is 12.8. The lowest BCUT2D eigenvalue weighted by Crippen LogP contribution is -2.53. The number of carbonyl (C=O) groups is 3. The Morgan fingerprint density at radius 2 is 2.20 bits per heavy atom. The molecule has 1 spiro atoms. The quantitative estimate of drug-likeness (QED) is 0.655. The normalized spacial score (nSPS) is 31.7. The summed E-state index contributed by atoms with van der Waals surface area (Å²) in [6.07, 6.45) is 0.590. The number of nitrogens with zero attached hydrogens (tertiary/aromatic N) is 1. The molecule has 0 radical (unpaired) electrons. The first kappa shape index (κ1) is 21.1. The molecule has 1 aromatic carbocycles. The molecule has 3 aliphatic rings. The number of para-hydroxylation sites is 1. The highest BCUT2D eigenvalue weighted by atomic mass is 35.5. The summed E-state index contributed by atoms with van der Waals surface area (Å²) in [6, 6.07) is 4.31. The lowest BCUT2D eigenvalue weighted by molar-refractivity contribution is -0.154. The summed E-state index contributed by atoms with van der Waals surface area (Å²) in [5.41, 5.74) is 0.131. The Hall–Kier alpha value is -2.16. The predicted octanol–water partition coefficient (Wildman–Crippen LogP) is 1.52. The molecule has 3 fully saturated rings. The Morgan fingerprint density at radius 1 is 1.43 bits per heavy atom. The van der Waals surface area contributed by atoms with Crippen LogP contribution in [-0.4, -0.2) is 65.3 Å². The molecule has 5 atom stereocenters. The highest BCUT2D eigenvalue weighted by Crippen LogP contribution is 2.58. The van der Waals surface area contributed by atoms with Gasteiger partial charge in [0.25, 0.3) is 0 Å². The lowest BCUT2D eigenvalue weighted by atomic mass is 9.71. The molecule has 162 valence electrons. The first-order valence-corrected chi connectivity index (χ1v) is 10.5. The second-order valence-electron chi connectivity index (χ2n) is 7.98. The van der Waals surface area contributed by atoms with Crippen LogP contribution in [0.4, 0.5) is 5.69 Å². The van der Waals surface area contributed by atoms with E-state index in [1.807, 2.05) is 13.0 Å². The zero-order valence-electron chi connectivity index (χ0n) is 16.9. The number of esters is 1. The van der Waals surface area contributed by atoms with Gasteiger partial charge in [0.05, 0.1) is 41.9 Å². The van der Waals surface area contributed by atoms with Gasteiger partial charge in [-0.3, -0.25) is 14.4 Å². The molecular formula is C21H25ClN2O6. The number of fused-ring (bicyclic) bond motifs is 1. The number of anilines is 1. The molecule has 8 nitrogen and oxygen atoms in total. The van der Waals surface area contributed by atoms with Gasteiger partial charge in [0, 0.05) is 6.54 Å². The van der Waals surface area contributed by atoms with Crippen molar-refractivity contribution in [3.8, 4) is 0 Å². The molecule has 3 aliphatic heterocycles. The summed E-state index contributed by atoms with van der Waals surface area (Å²) in [4.78, 5) is 40.7. The smallest absolute Gasteiger partial charge is 0.312 e. The minimum Gasteiger partial charge on any atom is -0.466 e. The van der Waals surface area contributed by atoms with E-state index < -0.39 is 41.5 Å². The average molecular weight is 437 g/mol. The van der Waals surface area contributed by atoms with Crippen LogP contribution in [0.1, 0.15) is 25.3 Å². The van der Waals surface area contributed by atoms with Crippen molar-refractivity contribution in [2.24, 2.45) is 11.8 Å². The second-order valence-corrected chi connectivity index (χ2v) is 8.39. The monoisotopic (exact) mass is 436 g/mol. The van der Waals surface area contributed by atoms with Crippen LogP contribution in [0.25, 0.3) is 0 Å². The molecule has 3 heterocycles. The van der Waals surface area contributed by atoms with Crippen LogP contribution in [0.2, 0.25) is 5.02 Å². The van der Waals surface area contributed by atoms with Crippen LogP contribution >= 0.6 is 11.6 Å². The van der Waals surface area contributed by atoms with Crippen molar-refractivity contribution in [2.75, 3.05) is 25.1 Å². The fourth-order valence-electron chi connectivity index (χ4n) is 5.29. The van der Waals surface area contributed by atoms with Crippen LogP contribution in [-0.2, 0) is 23.9 Å². The van der Waals surface area contributed by atoms with Crippen LogP contribution in [0.3, 0.4) is 0 Å². The van der Waals surface area contributed by atoms with Crippen molar-refractivity contribution in [1.29, 1.82) is 0 Å². The van der Waals surface area contributed by atoms with E-state index in [0.717, 1.165) is 5.56 Å². The van der Waals surface area contributed by atoms with E-state index >= 15 is 0 Å². The number of aliphatic hydroxyl groups is 1. The zero-order valence-corrected chi connectivity index (χ0v) is 17.6. The van der Waals surface area contributed by atoms with Gasteiger partial charge in [-0.2, -0.15) is 0 Å². The molecule has 0 aromatic heterocycles. The van der Waals surface area contributed by atoms with E-state index in [-0.39, 0.29) is 25.7 Å². The molecule has 0 aliphatic carbocycles. The van der Waals surface area contributed by atoms with Gasteiger partial charge in [-0.25, -0.2) is 0 Å². The van der Waals surface area contributed by atoms with E-state index in [1.165, 1.54) is 4.90 Å². The van der Waals surface area contributed by atoms with Gasteiger partial charge in [0.2, 0.25) is 11.8 Å². The lowest BCUT2D eigenvalue weighted by Gasteiger charge is -2.33. The summed E-state index contributed by atoms with van der Waals surface area (Å²) in [5.74, 6) is -2.83. The van der Waals surface area contributed by atoms with E-state index in [9.17, 15) is 19.5 Å². The van der Waals surface area contributed by atoms with Crippen molar-refractivity contribution >= 4 is 35.1 Å². The van der Waals surface area contributed by atoms with Gasteiger partial charge in [-0.05, 0) is 38.3 Å². The summed E-state index contributed by atoms with van der Waals surface area (Å²) in [6.45, 7) is 3.39. The highest BCUT2D eigenvalue weighted by molar-refractivity contribution is 6.34. The Balaban J connectivity index is 1.71. The number of likely N-dealkylation sites (tertiary alicyclic amines) is 1. The number of carbonyl (C=O) groups excluding carboxylic acids is 3. The zero-order chi connectivity index (χ0) is 21.6. The number of rotatable bonds is 6. The van der Waals surface area contributed by atoms with Crippen LogP contribution < -0.4 is 5.32 Å². The van der Waals surface area contributed by atoms with E-state index in [4.69, 9.17) is 21.1 Å². The Morgan fingerprint density at radius 3 is 2.87 bits per heavy atom. The highest BCUT2D eigenvalue weighted by Gasteiger charge is 2.74. The average Bonchev–Trinajstić information content (AvgIpc) is 3.33. The fraction of sp³-hybridized carbons (Fsp3) is 0.571. The number of aliphatic hydroxyl groups excluding tert-OH is 1. The largest absolute Gasteiger partial charge is 0.466 e. The first-order chi connectivity index (χ1) is 14.4. The van der Waals surface area contributed by atoms with Crippen molar-refractivity contribution < 1.29 is 29.0 Å². The van der Waals surface area contributed by atoms with Crippen LogP contribution in [0.15, 0.2) is 18.2 Å².